The predicted molar refractivity (Wildman–Crippen MR) is 52.2 cm³/mol. The zero-order valence-electron chi connectivity index (χ0n) is 8.16. The number of para-hydroxylation sites is 1. The minimum atomic E-state index is -1.60. The van der Waals surface area contributed by atoms with Crippen LogP contribution in [0.5, 0.6) is 5.75 Å². The van der Waals surface area contributed by atoms with E-state index in [0.29, 0.717) is 5.75 Å². The Balaban J connectivity index is 2.63. The van der Waals surface area contributed by atoms with Crippen molar-refractivity contribution in [3.63, 3.8) is 0 Å². The van der Waals surface area contributed by atoms with Crippen LogP contribution in [-0.2, 0) is 9.47 Å². The molecular weight excluding hydrogens is 216 g/mol. The summed E-state index contributed by atoms with van der Waals surface area (Å²) < 4.78 is 13.7. The number of ether oxygens (including phenoxy) is 3. The zero-order valence-corrected chi connectivity index (χ0v) is 8.16. The second kappa shape index (κ2) is 5.44. The summed E-state index contributed by atoms with van der Waals surface area (Å²) in [4.78, 5) is 20.9. The molecule has 0 saturated heterocycles. The fourth-order valence-corrected chi connectivity index (χ4v) is 0.872. The highest BCUT2D eigenvalue weighted by Crippen LogP contribution is 2.12. The molecule has 4 N–H and O–H groups in total. The number of nitrogens with two attached hydrogens (primary N) is 2. The van der Waals surface area contributed by atoms with Crippen LogP contribution < -0.4 is 16.2 Å². The van der Waals surface area contributed by atoms with E-state index in [-0.39, 0.29) is 0 Å². The van der Waals surface area contributed by atoms with E-state index in [1.54, 1.807) is 30.3 Å². The summed E-state index contributed by atoms with van der Waals surface area (Å²) in [6, 6.07) is 8.26. The molecule has 7 nitrogen and oxygen atoms in total. The van der Waals surface area contributed by atoms with E-state index in [1.165, 1.54) is 0 Å². The standard InChI is InChI=1S/C9H10N2O5/c10-7(12)15-9(16-8(11)13)14-6-4-2-1-3-5-6/h1-5,9H,(H2,10,12)(H2,11,13). The van der Waals surface area contributed by atoms with Crippen LogP contribution in [0.1, 0.15) is 0 Å². The van der Waals surface area contributed by atoms with Gasteiger partial charge in [-0.3, -0.25) is 0 Å². The maximum Gasteiger partial charge on any atom is 0.413 e. The van der Waals surface area contributed by atoms with Crippen molar-refractivity contribution in [3.05, 3.63) is 30.3 Å². The van der Waals surface area contributed by atoms with Crippen molar-refractivity contribution >= 4 is 12.2 Å². The topological polar surface area (TPSA) is 114 Å². The molecule has 1 rings (SSSR count). The maximum atomic E-state index is 10.5. The van der Waals surface area contributed by atoms with Crippen LogP contribution in [-0.4, -0.2) is 18.7 Å². The summed E-state index contributed by atoms with van der Waals surface area (Å²) in [5.74, 6) is 0.329. The van der Waals surface area contributed by atoms with Gasteiger partial charge in [-0.05, 0) is 12.1 Å². The molecule has 0 saturated carbocycles. The third kappa shape index (κ3) is 4.18. The Labute approximate surface area is 90.9 Å². The quantitative estimate of drug-likeness (QED) is 0.727. The lowest BCUT2D eigenvalue weighted by Gasteiger charge is -2.16. The molecule has 0 unspecified atom stereocenters. The van der Waals surface area contributed by atoms with Crippen LogP contribution in [0.2, 0.25) is 0 Å². The van der Waals surface area contributed by atoms with E-state index in [2.05, 4.69) is 9.47 Å². The number of amides is 2. The van der Waals surface area contributed by atoms with Crippen LogP contribution in [0, 0.1) is 0 Å². The van der Waals surface area contributed by atoms with E-state index in [9.17, 15) is 9.59 Å². The predicted octanol–water partition coefficient (Wildman–Crippen LogP) is 0.540. The van der Waals surface area contributed by atoms with Crippen molar-refractivity contribution < 1.29 is 23.8 Å². The van der Waals surface area contributed by atoms with Crippen molar-refractivity contribution in [1.82, 2.24) is 0 Å². The van der Waals surface area contributed by atoms with Gasteiger partial charge < -0.3 is 25.7 Å². The third-order valence-corrected chi connectivity index (χ3v) is 1.40. The molecule has 0 aliphatic heterocycles. The molecule has 0 aromatic heterocycles. The van der Waals surface area contributed by atoms with Crippen LogP contribution >= 0.6 is 0 Å². The first-order valence-corrected chi connectivity index (χ1v) is 4.22. The monoisotopic (exact) mass is 226 g/mol. The van der Waals surface area contributed by atoms with Gasteiger partial charge in [-0.25, -0.2) is 9.59 Å². The molecule has 16 heavy (non-hydrogen) atoms. The minimum absolute atomic E-state index is 0.329. The SMILES string of the molecule is NC(=O)OC(OC(N)=O)Oc1ccccc1. The summed E-state index contributed by atoms with van der Waals surface area (Å²) in [5.41, 5.74) is 9.50. The number of carbonyl (C=O) groups is 2. The lowest BCUT2D eigenvalue weighted by molar-refractivity contribution is -0.176. The summed E-state index contributed by atoms with van der Waals surface area (Å²) in [7, 11) is 0. The molecule has 7 heteroatoms. The number of hydrogen-bond donors (Lipinski definition) is 2. The van der Waals surface area contributed by atoms with E-state index >= 15 is 0 Å². The first kappa shape index (κ1) is 11.6. The first-order chi connectivity index (χ1) is 7.58. The van der Waals surface area contributed by atoms with Crippen LogP contribution in [0.4, 0.5) is 9.59 Å². The van der Waals surface area contributed by atoms with Gasteiger partial charge in [0.1, 0.15) is 5.75 Å². The van der Waals surface area contributed by atoms with Crippen molar-refractivity contribution in [3.8, 4) is 5.75 Å². The highest BCUT2D eigenvalue weighted by molar-refractivity contribution is 5.66. The van der Waals surface area contributed by atoms with Crippen molar-refractivity contribution in [2.24, 2.45) is 11.5 Å². The molecular formula is C9H10N2O5. The Morgan fingerprint density at radius 2 is 1.50 bits per heavy atom. The van der Waals surface area contributed by atoms with Crippen molar-refractivity contribution in [1.29, 1.82) is 0 Å². The van der Waals surface area contributed by atoms with Gasteiger partial charge in [0.25, 0.3) is 0 Å². The number of carbonyl (C=O) groups excluding carboxylic acids is 2. The van der Waals surface area contributed by atoms with E-state index in [1.807, 2.05) is 0 Å². The van der Waals surface area contributed by atoms with E-state index in [0.717, 1.165) is 0 Å². The Bertz CT molecular complexity index is 351. The summed E-state index contributed by atoms with van der Waals surface area (Å²) in [6.07, 6.45) is -2.30. The molecule has 1 aromatic rings. The molecule has 0 aliphatic carbocycles. The van der Waals surface area contributed by atoms with Crippen LogP contribution in [0.3, 0.4) is 0 Å². The Morgan fingerprint density at radius 1 is 1.00 bits per heavy atom. The smallest absolute Gasteiger partial charge is 0.413 e. The van der Waals surface area contributed by atoms with Gasteiger partial charge in [-0.1, -0.05) is 18.2 Å². The second-order valence-electron chi connectivity index (χ2n) is 2.59. The fraction of sp³-hybridized carbons (Fsp3) is 0.111. The average Bonchev–Trinajstić information content (AvgIpc) is 2.16. The fourth-order valence-electron chi connectivity index (χ4n) is 0.872. The van der Waals surface area contributed by atoms with Gasteiger partial charge in [0, 0.05) is 0 Å². The number of rotatable bonds is 4. The molecule has 86 valence electrons. The van der Waals surface area contributed by atoms with Gasteiger partial charge in [-0.2, -0.15) is 0 Å². The lowest BCUT2D eigenvalue weighted by Crippen LogP contribution is -2.33. The van der Waals surface area contributed by atoms with Crippen molar-refractivity contribution in [2.45, 2.75) is 6.48 Å². The summed E-state index contributed by atoms with van der Waals surface area (Å²) in [5, 5.41) is 0. The molecule has 0 spiro atoms. The molecule has 0 atom stereocenters. The van der Waals surface area contributed by atoms with Gasteiger partial charge in [0.2, 0.25) is 0 Å². The average molecular weight is 226 g/mol. The van der Waals surface area contributed by atoms with Gasteiger partial charge in [-0.15, -0.1) is 0 Å². The molecule has 2 amide bonds. The highest BCUT2D eigenvalue weighted by Gasteiger charge is 2.17. The molecule has 0 bridgehead atoms. The third-order valence-electron chi connectivity index (χ3n) is 1.40. The van der Waals surface area contributed by atoms with Gasteiger partial charge >= 0.3 is 18.7 Å². The number of primary amides is 2. The normalized spacial score (nSPS) is 9.56. The highest BCUT2D eigenvalue weighted by atomic mass is 16.9. The van der Waals surface area contributed by atoms with Gasteiger partial charge in [0.15, 0.2) is 0 Å². The summed E-state index contributed by atoms with van der Waals surface area (Å²) in [6.45, 7) is -1.60. The maximum absolute atomic E-state index is 10.5. The molecule has 0 fully saturated rings. The van der Waals surface area contributed by atoms with Crippen molar-refractivity contribution in [2.75, 3.05) is 0 Å². The minimum Gasteiger partial charge on any atom is -0.423 e. The van der Waals surface area contributed by atoms with Gasteiger partial charge in [0.05, 0.1) is 0 Å². The van der Waals surface area contributed by atoms with Crippen LogP contribution in [0.15, 0.2) is 30.3 Å². The van der Waals surface area contributed by atoms with Crippen LogP contribution in [0.25, 0.3) is 0 Å². The largest absolute Gasteiger partial charge is 0.423 e. The Hall–Kier alpha value is -2.44. The summed E-state index contributed by atoms with van der Waals surface area (Å²) >= 11 is 0. The Morgan fingerprint density at radius 3 is 1.94 bits per heavy atom. The molecule has 0 heterocycles. The molecule has 0 radical (unpaired) electrons. The lowest BCUT2D eigenvalue weighted by atomic mass is 10.3. The Kier molecular flexibility index (Phi) is 3.96. The number of benzene rings is 1. The zero-order chi connectivity index (χ0) is 12.0. The molecule has 0 aliphatic rings. The second-order valence-corrected chi connectivity index (χ2v) is 2.59. The van der Waals surface area contributed by atoms with E-state index in [4.69, 9.17) is 16.2 Å². The van der Waals surface area contributed by atoms with E-state index < -0.39 is 18.7 Å². The number of hydrogen-bond acceptors (Lipinski definition) is 5. The molecule has 1 aromatic carbocycles. The first-order valence-electron chi connectivity index (χ1n) is 4.22.